The molecule has 0 aliphatic rings. The van der Waals surface area contributed by atoms with Gasteiger partial charge in [0.15, 0.2) is 5.82 Å². The van der Waals surface area contributed by atoms with E-state index in [1.165, 1.54) is 14.2 Å². The number of benzene rings is 1. The van der Waals surface area contributed by atoms with E-state index in [1.807, 2.05) is 6.92 Å². The molecule has 0 saturated heterocycles. The van der Waals surface area contributed by atoms with Crippen molar-refractivity contribution in [2.45, 2.75) is 38.5 Å². The van der Waals surface area contributed by atoms with Crippen LogP contribution in [0.25, 0.3) is 11.1 Å². The molecule has 2 heterocycles. The maximum absolute atomic E-state index is 14.1. The number of aryl methyl sites for hydroxylation is 2. The summed E-state index contributed by atoms with van der Waals surface area (Å²) in [5.41, 5.74) is 2.72. The molecule has 37 heavy (non-hydrogen) atoms. The molecule has 12 heteroatoms. The third-order valence-corrected chi connectivity index (χ3v) is 8.84. The third kappa shape index (κ3) is 6.39. The molecule has 0 aliphatic heterocycles. The summed E-state index contributed by atoms with van der Waals surface area (Å²) in [6, 6.07) is 6.80. The molecule has 1 aromatic carbocycles. The Bertz CT molecular complexity index is 1330. The summed E-state index contributed by atoms with van der Waals surface area (Å²) in [6.45, 7) is 7.66. The largest absolute Gasteiger partial charge is 0.462 e. The van der Waals surface area contributed by atoms with Gasteiger partial charge < -0.3 is 23.5 Å². The maximum atomic E-state index is 14.1. The minimum absolute atomic E-state index is 0.113. The Morgan fingerprint density at radius 3 is 2.46 bits per heavy atom. The molecule has 0 unspecified atom stereocenters. The Hall–Kier alpha value is -2.77. The van der Waals surface area contributed by atoms with Crippen molar-refractivity contribution in [2.75, 3.05) is 45.1 Å². The first kappa shape index (κ1) is 28.8. The Kier molecular flexibility index (Phi) is 9.85. The summed E-state index contributed by atoms with van der Waals surface area (Å²) in [5, 5.41) is 4.00. The van der Waals surface area contributed by atoms with Gasteiger partial charge in [-0.1, -0.05) is 11.2 Å². The Labute approximate surface area is 221 Å². The number of nitrogens with zero attached hydrogens (tertiary/aromatic N) is 2. The molecule has 2 aromatic heterocycles. The van der Waals surface area contributed by atoms with Crippen molar-refractivity contribution in [1.82, 2.24) is 5.16 Å². The zero-order valence-electron chi connectivity index (χ0n) is 21.8. The predicted octanol–water partition coefficient (Wildman–Crippen LogP) is 4.47. The van der Waals surface area contributed by atoms with Crippen molar-refractivity contribution < 1.29 is 36.7 Å². The maximum Gasteiger partial charge on any atom is 0.338 e. The lowest BCUT2D eigenvalue weighted by Crippen LogP contribution is -2.34. The Morgan fingerprint density at radius 1 is 1.08 bits per heavy atom. The number of thiophene rings is 1. The highest BCUT2D eigenvalue weighted by atomic mass is 32.2. The molecule has 10 nitrogen and oxygen atoms in total. The van der Waals surface area contributed by atoms with Gasteiger partial charge in [0, 0.05) is 30.2 Å². The first-order valence-electron chi connectivity index (χ1n) is 11.6. The number of hydrogen-bond acceptors (Lipinski definition) is 10. The van der Waals surface area contributed by atoms with E-state index in [2.05, 4.69) is 5.16 Å². The molecule has 0 radical (unpaired) electrons. The number of aromatic nitrogens is 1. The number of carbonyl (C=O) groups is 1. The quantitative estimate of drug-likeness (QED) is 0.172. The van der Waals surface area contributed by atoms with Crippen molar-refractivity contribution in [3.05, 3.63) is 51.6 Å². The average Bonchev–Trinajstić information content (AvgIpc) is 3.42. The molecule has 3 rings (SSSR count). The topological polar surface area (TPSA) is 117 Å². The lowest BCUT2D eigenvalue weighted by atomic mass is 9.99. The summed E-state index contributed by atoms with van der Waals surface area (Å²) >= 11 is 1.14. The summed E-state index contributed by atoms with van der Waals surface area (Å²) in [7, 11) is -1.07. The normalized spacial score (nSPS) is 11.6. The highest BCUT2D eigenvalue weighted by Gasteiger charge is 2.34. The number of hydrogen-bond donors (Lipinski definition) is 0. The second-order valence-corrected chi connectivity index (χ2v) is 11.5. The minimum Gasteiger partial charge on any atom is -0.462 e. The van der Waals surface area contributed by atoms with Gasteiger partial charge in [0.05, 0.1) is 32.0 Å². The monoisotopic (exact) mass is 552 g/mol. The standard InChI is InChI=1S/C25H32N2O8S2/c1-7-34-24(28)19-8-9-21(20(13-19)14-32-6)22-12-16(2)36-25(22)37(29,30)27(15-33-11-10-31-5)23-17(3)18(4)35-26-23/h8-9,12-13H,7,10-11,14-15H2,1-6H3. The molecule has 0 aliphatic carbocycles. The van der Waals surface area contributed by atoms with Crippen LogP contribution >= 0.6 is 11.3 Å². The van der Waals surface area contributed by atoms with Gasteiger partial charge in [-0.15, -0.1) is 11.3 Å². The van der Waals surface area contributed by atoms with Crippen molar-refractivity contribution in [3.63, 3.8) is 0 Å². The van der Waals surface area contributed by atoms with Crippen molar-refractivity contribution in [2.24, 2.45) is 0 Å². The average molecular weight is 553 g/mol. The summed E-state index contributed by atoms with van der Waals surface area (Å²) in [6.07, 6.45) is 0. The lowest BCUT2D eigenvalue weighted by molar-refractivity contribution is 0.0526. The molecule has 0 fully saturated rings. The Balaban J connectivity index is 2.13. The second-order valence-electron chi connectivity index (χ2n) is 8.15. The van der Waals surface area contributed by atoms with Crippen LogP contribution in [0.1, 0.15) is 39.0 Å². The van der Waals surface area contributed by atoms with Crippen LogP contribution in [-0.4, -0.2) is 60.3 Å². The predicted molar refractivity (Wildman–Crippen MR) is 139 cm³/mol. The zero-order chi connectivity index (χ0) is 27.2. The van der Waals surface area contributed by atoms with E-state index < -0.39 is 16.0 Å². The van der Waals surface area contributed by atoms with E-state index in [-0.39, 0.29) is 36.6 Å². The SMILES string of the molecule is CCOC(=O)c1ccc(-c2cc(C)sc2S(=O)(=O)N(COCCOC)c2noc(C)c2C)c(COC)c1. The Morgan fingerprint density at radius 2 is 1.84 bits per heavy atom. The van der Waals surface area contributed by atoms with E-state index in [0.29, 0.717) is 40.2 Å². The number of rotatable bonds is 13. The number of esters is 1. The fourth-order valence-electron chi connectivity index (χ4n) is 3.62. The second kappa shape index (κ2) is 12.7. The van der Waals surface area contributed by atoms with Crippen molar-refractivity contribution >= 4 is 33.1 Å². The first-order valence-corrected chi connectivity index (χ1v) is 13.8. The molecule has 0 saturated carbocycles. The smallest absolute Gasteiger partial charge is 0.338 e. The van der Waals surface area contributed by atoms with E-state index in [0.717, 1.165) is 20.5 Å². The molecule has 0 bridgehead atoms. The van der Waals surface area contributed by atoms with Gasteiger partial charge in [-0.05, 0) is 57.0 Å². The fourth-order valence-corrected chi connectivity index (χ4v) is 6.71. The van der Waals surface area contributed by atoms with Crippen LogP contribution in [-0.2, 0) is 35.6 Å². The van der Waals surface area contributed by atoms with E-state index in [9.17, 15) is 13.2 Å². The van der Waals surface area contributed by atoms with Crippen molar-refractivity contribution in [1.29, 1.82) is 0 Å². The van der Waals surface area contributed by atoms with Gasteiger partial charge in [-0.25, -0.2) is 17.5 Å². The van der Waals surface area contributed by atoms with Gasteiger partial charge in [0.25, 0.3) is 10.0 Å². The van der Waals surface area contributed by atoms with Crippen LogP contribution in [0.5, 0.6) is 0 Å². The van der Waals surface area contributed by atoms with Crippen LogP contribution in [0.2, 0.25) is 0 Å². The molecule has 202 valence electrons. The number of methoxy groups -OCH3 is 2. The first-order chi connectivity index (χ1) is 17.6. The molecular weight excluding hydrogens is 520 g/mol. The number of ether oxygens (including phenoxy) is 4. The highest BCUT2D eigenvalue weighted by molar-refractivity contribution is 7.95. The van der Waals surface area contributed by atoms with Gasteiger partial charge in [-0.3, -0.25) is 0 Å². The van der Waals surface area contributed by atoms with E-state index in [4.69, 9.17) is 23.5 Å². The fraction of sp³-hybridized carbons (Fsp3) is 0.440. The zero-order valence-corrected chi connectivity index (χ0v) is 23.5. The summed E-state index contributed by atoms with van der Waals surface area (Å²) in [4.78, 5) is 13.1. The van der Waals surface area contributed by atoms with E-state index >= 15 is 0 Å². The number of anilines is 1. The summed E-state index contributed by atoms with van der Waals surface area (Å²) < 4.78 is 55.9. The van der Waals surface area contributed by atoms with Gasteiger partial charge >= 0.3 is 5.97 Å². The van der Waals surface area contributed by atoms with Gasteiger partial charge in [-0.2, -0.15) is 0 Å². The number of carbonyl (C=O) groups excluding carboxylic acids is 1. The molecule has 0 spiro atoms. The molecule has 0 atom stereocenters. The molecular formula is C25H32N2O8S2. The van der Waals surface area contributed by atoms with Crippen LogP contribution in [0.15, 0.2) is 33.0 Å². The third-order valence-electron chi connectivity index (χ3n) is 5.56. The number of sulfonamides is 1. The van der Waals surface area contributed by atoms with E-state index in [1.54, 1.807) is 45.0 Å². The minimum atomic E-state index is -4.14. The van der Waals surface area contributed by atoms with Gasteiger partial charge in [0.1, 0.15) is 16.7 Å². The summed E-state index contributed by atoms with van der Waals surface area (Å²) in [5.74, 6) is 0.199. The van der Waals surface area contributed by atoms with Crippen LogP contribution in [0, 0.1) is 20.8 Å². The lowest BCUT2D eigenvalue weighted by Gasteiger charge is -2.22. The highest BCUT2D eigenvalue weighted by Crippen LogP contribution is 2.40. The molecule has 0 amide bonds. The molecule has 3 aromatic rings. The van der Waals surface area contributed by atoms with Crippen molar-refractivity contribution in [3.8, 4) is 11.1 Å². The van der Waals surface area contributed by atoms with Crippen LogP contribution < -0.4 is 4.31 Å². The van der Waals surface area contributed by atoms with Gasteiger partial charge in [0.2, 0.25) is 0 Å². The van der Waals surface area contributed by atoms with Crippen LogP contribution in [0.4, 0.5) is 5.82 Å². The van der Waals surface area contributed by atoms with Crippen LogP contribution in [0.3, 0.4) is 0 Å². The molecule has 0 N–H and O–H groups in total.